The van der Waals surface area contributed by atoms with E-state index in [0.29, 0.717) is 17.0 Å². The van der Waals surface area contributed by atoms with Crippen LogP contribution in [0.5, 0.6) is 11.5 Å². The Labute approximate surface area is 132 Å². The number of ether oxygens (including phenoxy) is 1. The lowest BCUT2D eigenvalue weighted by Gasteiger charge is -2.06. The van der Waals surface area contributed by atoms with Gasteiger partial charge in [-0.1, -0.05) is 5.16 Å². The van der Waals surface area contributed by atoms with Crippen molar-refractivity contribution in [1.29, 1.82) is 0 Å². The number of phenolic OH excluding ortho intramolecular Hbond substituents is 1. The van der Waals surface area contributed by atoms with Gasteiger partial charge in [-0.05, 0) is 42.8 Å². The molecule has 7 nitrogen and oxygen atoms in total. The highest BCUT2D eigenvalue weighted by Crippen LogP contribution is 2.26. The fraction of sp³-hybridized carbons (Fsp3) is 0.188. The molecule has 0 atom stereocenters. The van der Waals surface area contributed by atoms with Gasteiger partial charge in [-0.3, -0.25) is 10.1 Å². The number of methoxy groups -OCH3 is 1. The molecule has 23 heavy (non-hydrogen) atoms. The van der Waals surface area contributed by atoms with E-state index in [1.54, 1.807) is 31.2 Å². The van der Waals surface area contributed by atoms with E-state index in [-0.39, 0.29) is 18.0 Å². The van der Waals surface area contributed by atoms with E-state index in [1.165, 1.54) is 25.3 Å². The number of hydrogen-bond donors (Lipinski definition) is 1. The van der Waals surface area contributed by atoms with Gasteiger partial charge < -0.3 is 14.7 Å². The topological polar surface area (TPSA) is 94.2 Å². The molecule has 120 valence electrons. The molecule has 0 aliphatic carbocycles. The predicted molar refractivity (Wildman–Crippen MR) is 84.8 cm³/mol. The van der Waals surface area contributed by atoms with Gasteiger partial charge in [-0.2, -0.15) is 0 Å². The van der Waals surface area contributed by atoms with E-state index in [2.05, 4.69) is 5.16 Å². The summed E-state index contributed by atoms with van der Waals surface area (Å²) in [6, 6.07) is 11.0. The Morgan fingerprint density at radius 2 is 1.96 bits per heavy atom. The first-order valence-corrected chi connectivity index (χ1v) is 6.78. The number of phenols is 1. The average Bonchev–Trinajstić information content (AvgIpc) is 2.55. The zero-order valence-corrected chi connectivity index (χ0v) is 12.7. The number of rotatable bonds is 6. The minimum atomic E-state index is -0.455. The van der Waals surface area contributed by atoms with Crippen LogP contribution >= 0.6 is 0 Å². The van der Waals surface area contributed by atoms with Crippen molar-refractivity contribution in [2.45, 2.75) is 13.5 Å². The van der Waals surface area contributed by atoms with Crippen molar-refractivity contribution >= 4 is 11.4 Å². The molecular weight excluding hydrogens is 300 g/mol. The van der Waals surface area contributed by atoms with Crippen LogP contribution in [0.2, 0.25) is 0 Å². The van der Waals surface area contributed by atoms with Gasteiger partial charge in [-0.15, -0.1) is 0 Å². The summed E-state index contributed by atoms with van der Waals surface area (Å²) in [5, 5.41) is 24.3. The lowest BCUT2D eigenvalue weighted by molar-refractivity contribution is -0.384. The standard InChI is InChI=1S/C16H16N2O5/c1-11(13-5-8-16(22-2)15(19)9-13)17-23-10-12-3-6-14(7-4-12)18(20)21/h3-9,19H,10H2,1-2H3/b17-11+. The molecule has 1 N–H and O–H groups in total. The van der Waals surface area contributed by atoms with Gasteiger partial charge in [0, 0.05) is 17.7 Å². The molecule has 0 bridgehead atoms. The SMILES string of the molecule is COc1ccc(/C(C)=N/OCc2ccc([N+](=O)[O-])cc2)cc1O. The van der Waals surface area contributed by atoms with Crippen LogP contribution in [0.25, 0.3) is 0 Å². The molecule has 0 fully saturated rings. The van der Waals surface area contributed by atoms with E-state index in [4.69, 9.17) is 9.57 Å². The van der Waals surface area contributed by atoms with Crippen LogP contribution in [0.1, 0.15) is 18.1 Å². The quantitative estimate of drug-likeness (QED) is 0.501. The molecule has 7 heteroatoms. The number of nitrogens with zero attached hydrogens (tertiary/aromatic N) is 2. The molecule has 0 radical (unpaired) electrons. The first-order valence-electron chi connectivity index (χ1n) is 6.78. The van der Waals surface area contributed by atoms with Crippen LogP contribution < -0.4 is 4.74 Å². The van der Waals surface area contributed by atoms with E-state index in [9.17, 15) is 15.2 Å². The van der Waals surface area contributed by atoms with Gasteiger partial charge >= 0.3 is 0 Å². The Morgan fingerprint density at radius 3 is 2.52 bits per heavy atom. The third-order valence-corrected chi connectivity index (χ3v) is 3.18. The second-order valence-corrected chi connectivity index (χ2v) is 4.76. The molecule has 2 aromatic carbocycles. The van der Waals surface area contributed by atoms with E-state index >= 15 is 0 Å². The summed E-state index contributed by atoms with van der Waals surface area (Å²) in [6.07, 6.45) is 0. The van der Waals surface area contributed by atoms with Crippen LogP contribution in [-0.2, 0) is 11.4 Å². The molecule has 0 heterocycles. The lowest BCUT2D eigenvalue weighted by Crippen LogP contribution is -1.97. The summed E-state index contributed by atoms with van der Waals surface area (Å²) in [5.74, 6) is 0.406. The number of nitro groups is 1. The van der Waals surface area contributed by atoms with Crippen molar-refractivity contribution in [2.75, 3.05) is 7.11 Å². The van der Waals surface area contributed by atoms with Gasteiger partial charge in [0.1, 0.15) is 6.61 Å². The fourth-order valence-corrected chi connectivity index (χ4v) is 1.89. The first-order chi connectivity index (χ1) is 11.0. The largest absolute Gasteiger partial charge is 0.504 e. The van der Waals surface area contributed by atoms with Crippen LogP contribution in [0.3, 0.4) is 0 Å². The highest BCUT2D eigenvalue weighted by molar-refractivity contribution is 5.98. The highest BCUT2D eigenvalue weighted by atomic mass is 16.6. The molecule has 0 saturated heterocycles. The van der Waals surface area contributed by atoms with Gasteiger partial charge in [0.25, 0.3) is 5.69 Å². The van der Waals surface area contributed by atoms with Crippen molar-refractivity contribution in [3.05, 3.63) is 63.7 Å². The highest BCUT2D eigenvalue weighted by Gasteiger charge is 2.06. The van der Waals surface area contributed by atoms with Crippen molar-refractivity contribution in [2.24, 2.45) is 5.16 Å². The normalized spacial score (nSPS) is 11.1. The van der Waals surface area contributed by atoms with Crippen molar-refractivity contribution in [3.8, 4) is 11.5 Å². The van der Waals surface area contributed by atoms with Crippen LogP contribution in [0.15, 0.2) is 47.6 Å². The van der Waals surface area contributed by atoms with E-state index in [0.717, 1.165) is 5.56 Å². The zero-order chi connectivity index (χ0) is 16.8. The van der Waals surface area contributed by atoms with Crippen molar-refractivity contribution in [1.82, 2.24) is 0 Å². The number of oxime groups is 1. The third kappa shape index (κ3) is 4.19. The Bertz CT molecular complexity index is 726. The van der Waals surface area contributed by atoms with Crippen LogP contribution in [0, 0.1) is 10.1 Å². The molecule has 0 saturated carbocycles. The molecular formula is C16H16N2O5. The molecule has 0 aromatic heterocycles. The number of hydrogen-bond acceptors (Lipinski definition) is 6. The van der Waals surface area contributed by atoms with Gasteiger partial charge in [-0.25, -0.2) is 0 Å². The minimum absolute atomic E-state index is 0.0231. The molecule has 0 spiro atoms. The monoisotopic (exact) mass is 316 g/mol. The van der Waals surface area contributed by atoms with Gasteiger partial charge in [0.15, 0.2) is 11.5 Å². The number of non-ortho nitro benzene ring substituents is 1. The van der Waals surface area contributed by atoms with Gasteiger partial charge in [0.2, 0.25) is 0 Å². The third-order valence-electron chi connectivity index (χ3n) is 3.18. The Hall–Kier alpha value is -3.09. The van der Waals surface area contributed by atoms with Crippen LogP contribution in [0.4, 0.5) is 5.69 Å². The summed E-state index contributed by atoms with van der Waals surface area (Å²) < 4.78 is 4.98. The Kier molecular flexibility index (Phi) is 5.14. The fourth-order valence-electron chi connectivity index (χ4n) is 1.89. The Balaban J connectivity index is 1.99. The number of aromatic hydroxyl groups is 1. The van der Waals surface area contributed by atoms with Crippen molar-refractivity contribution in [3.63, 3.8) is 0 Å². The molecule has 0 amide bonds. The molecule has 2 rings (SSSR count). The summed E-state index contributed by atoms with van der Waals surface area (Å²) in [5.41, 5.74) is 2.09. The Morgan fingerprint density at radius 1 is 1.26 bits per heavy atom. The second-order valence-electron chi connectivity index (χ2n) is 4.76. The molecule has 0 aliphatic rings. The first kappa shape index (κ1) is 16.3. The van der Waals surface area contributed by atoms with Crippen molar-refractivity contribution < 1.29 is 19.6 Å². The number of benzene rings is 2. The maximum atomic E-state index is 10.6. The predicted octanol–water partition coefficient (Wildman–Crippen LogP) is 3.25. The maximum Gasteiger partial charge on any atom is 0.269 e. The minimum Gasteiger partial charge on any atom is -0.504 e. The second kappa shape index (κ2) is 7.26. The smallest absolute Gasteiger partial charge is 0.269 e. The summed E-state index contributed by atoms with van der Waals surface area (Å²) in [7, 11) is 1.48. The number of nitro benzene ring substituents is 1. The van der Waals surface area contributed by atoms with Gasteiger partial charge in [0.05, 0.1) is 17.7 Å². The average molecular weight is 316 g/mol. The molecule has 0 unspecified atom stereocenters. The lowest BCUT2D eigenvalue weighted by atomic mass is 10.1. The molecule has 2 aromatic rings. The van der Waals surface area contributed by atoms with E-state index < -0.39 is 4.92 Å². The van der Waals surface area contributed by atoms with Crippen LogP contribution in [-0.4, -0.2) is 22.9 Å². The van der Waals surface area contributed by atoms with E-state index in [1.807, 2.05) is 0 Å². The summed E-state index contributed by atoms with van der Waals surface area (Å²) in [4.78, 5) is 15.4. The summed E-state index contributed by atoms with van der Waals surface area (Å²) in [6.45, 7) is 1.94. The maximum absolute atomic E-state index is 10.6. The molecule has 0 aliphatic heterocycles. The summed E-state index contributed by atoms with van der Waals surface area (Å²) >= 11 is 0. The zero-order valence-electron chi connectivity index (χ0n) is 12.7.